The molecule has 6 heteroatoms. The second-order valence-corrected chi connectivity index (χ2v) is 6.00. The Morgan fingerprint density at radius 2 is 1.79 bits per heavy atom. The molecule has 0 atom stereocenters. The highest BCUT2D eigenvalue weighted by molar-refractivity contribution is 7.89. The predicted octanol–water partition coefficient (Wildman–Crippen LogP) is 1.89. The van der Waals surface area contributed by atoms with Crippen molar-refractivity contribution >= 4 is 21.6 Å². The molecule has 0 aliphatic carbocycles. The molecule has 0 aromatic heterocycles. The van der Waals surface area contributed by atoms with Gasteiger partial charge in [-0.15, -0.1) is 0 Å². The minimum absolute atomic E-state index is 0.168. The number of rotatable bonds is 5. The molecule has 0 aliphatic rings. The highest BCUT2D eigenvalue weighted by Crippen LogP contribution is 2.14. The number of hydrogen-bond acceptors (Lipinski definition) is 3. The minimum atomic E-state index is -3.49. The fourth-order valence-corrected chi connectivity index (χ4v) is 2.68. The molecule has 0 fully saturated rings. The van der Waals surface area contributed by atoms with E-state index in [9.17, 15) is 13.2 Å². The third kappa shape index (κ3) is 4.84. The van der Waals surface area contributed by atoms with Crippen molar-refractivity contribution in [3.63, 3.8) is 0 Å². The first-order valence-electron chi connectivity index (χ1n) is 5.91. The molecule has 1 aromatic carbocycles. The molecule has 5 nitrogen and oxygen atoms in total. The zero-order valence-corrected chi connectivity index (χ0v) is 12.0. The van der Waals surface area contributed by atoms with Crippen LogP contribution >= 0.6 is 0 Å². The number of amides is 1. The van der Waals surface area contributed by atoms with Gasteiger partial charge >= 0.3 is 0 Å². The molecule has 1 amide bonds. The van der Waals surface area contributed by atoms with Crippen molar-refractivity contribution in [1.29, 1.82) is 0 Å². The van der Waals surface area contributed by atoms with Crippen LogP contribution in [-0.2, 0) is 14.8 Å². The number of nitrogens with one attached hydrogen (secondary N) is 2. The molecule has 0 unspecified atom stereocenters. The van der Waals surface area contributed by atoms with E-state index in [-0.39, 0.29) is 16.8 Å². The Bertz CT molecular complexity index is 560. The molecule has 0 saturated carbocycles. The fraction of sp³-hybridized carbons (Fsp3) is 0.308. The second kappa shape index (κ2) is 6.49. The van der Waals surface area contributed by atoms with Crippen molar-refractivity contribution in [3.8, 4) is 0 Å². The molecule has 0 aliphatic heterocycles. The van der Waals surface area contributed by atoms with Crippen LogP contribution in [0, 0.1) is 0 Å². The van der Waals surface area contributed by atoms with E-state index in [1.807, 2.05) is 0 Å². The lowest BCUT2D eigenvalue weighted by molar-refractivity contribution is -0.111. The summed E-state index contributed by atoms with van der Waals surface area (Å²) in [5.41, 5.74) is 0.548. The zero-order chi connectivity index (χ0) is 14.5. The van der Waals surface area contributed by atoms with Crippen LogP contribution in [-0.4, -0.2) is 20.4 Å². The average molecular weight is 282 g/mol. The van der Waals surface area contributed by atoms with Crippen LogP contribution in [0.4, 0.5) is 5.69 Å². The summed E-state index contributed by atoms with van der Waals surface area (Å²) in [6, 6.07) is 5.84. The van der Waals surface area contributed by atoms with Crippen molar-refractivity contribution in [3.05, 3.63) is 36.4 Å². The smallest absolute Gasteiger partial charge is 0.248 e. The summed E-state index contributed by atoms with van der Waals surface area (Å²) in [5, 5.41) is 2.62. The highest BCUT2D eigenvalue weighted by Gasteiger charge is 2.14. The summed E-state index contributed by atoms with van der Waals surface area (Å²) in [6.45, 7) is 5.25. The number of sulfonamides is 1. The van der Waals surface area contributed by atoms with E-state index in [1.165, 1.54) is 18.2 Å². The Morgan fingerprint density at radius 3 is 2.26 bits per heavy atom. The number of benzene rings is 1. The molecule has 0 saturated heterocycles. The highest BCUT2D eigenvalue weighted by atomic mass is 32.2. The molecule has 0 bridgehead atoms. The van der Waals surface area contributed by atoms with Crippen molar-refractivity contribution < 1.29 is 13.2 Å². The lowest BCUT2D eigenvalue weighted by Gasteiger charge is -2.10. The topological polar surface area (TPSA) is 75.3 Å². The first-order valence-corrected chi connectivity index (χ1v) is 7.39. The van der Waals surface area contributed by atoms with E-state index in [0.29, 0.717) is 5.69 Å². The summed E-state index contributed by atoms with van der Waals surface area (Å²) in [6.07, 6.45) is 3.02. The number of hydrogen-bond donors (Lipinski definition) is 2. The van der Waals surface area contributed by atoms with Gasteiger partial charge in [-0.05, 0) is 51.1 Å². The van der Waals surface area contributed by atoms with Gasteiger partial charge in [0.25, 0.3) is 0 Å². The average Bonchev–Trinajstić information content (AvgIpc) is 2.28. The van der Waals surface area contributed by atoms with Gasteiger partial charge in [-0.3, -0.25) is 4.79 Å². The summed E-state index contributed by atoms with van der Waals surface area (Å²) in [7, 11) is -3.49. The third-order valence-corrected chi connectivity index (χ3v) is 3.82. The van der Waals surface area contributed by atoms with Crippen LogP contribution < -0.4 is 10.0 Å². The quantitative estimate of drug-likeness (QED) is 0.810. The summed E-state index contributed by atoms with van der Waals surface area (Å²) < 4.78 is 26.2. The van der Waals surface area contributed by atoms with Gasteiger partial charge in [0.05, 0.1) is 4.90 Å². The van der Waals surface area contributed by atoms with E-state index in [0.717, 1.165) is 0 Å². The lowest BCUT2D eigenvalue weighted by atomic mass is 10.3. The Morgan fingerprint density at radius 1 is 1.21 bits per heavy atom. The van der Waals surface area contributed by atoms with E-state index >= 15 is 0 Å². The normalized spacial score (nSPS) is 12.0. The summed E-state index contributed by atoms with van der Waals surface area (Å²) in [5.74, 6) is -0.251. The summed E-state index contributed by atoms with van der Waals surface area (Å²) >= 11 is 0. The van der Waals surface area contributed by atoms with Crippen molar-refractivity contribution in [1.82, 2.24) is 4.72 Å². The van der Waals surface area contributed by atoms with Crippen LogP contribution in [0.3, 0.4) is 0 Å². The monoisotopic (exact) mass is 282 g/mol. The fourth-order valence-electron chi connectivity index (χ4n) is 1.43. The number of carbonyl (C=O) groups excluding carboxylic acids is 1. The molecule has 1 rings (SSSR count). The molecule has 0 radical (unpaired) electrons. The number of carbonyl (C=O) groups is 1. The second-order valence-electron chi connectivity index (χ2n) is 4.29. The first kappa shape index (κ1) is 15.4. The maximum atomic E-state index is 11.9. The number of anilines is 1. The van der Waals surface area contributed by atoms with Gasteiger partial charge in [0.15, 0.2) is 0 Å². The van der Waals surface area contributed by atoms with Gasteiger partial charge in [-0.2, -0.15) is 0 Å². The standard InChI is InChI=1S/C13H18N2O3S/c1-4-5-13(16)14-11-6-8-12(9-7-11)19(17,18)15-10(2)3/h4-10,15H,1-3H3,(H,14,16). The van der Waals surface area contributed by atoms with Crippen LogP contribution in [0.2, 0.25) is 0 Å². The first-order chi connectivity index (χ1) is 8.85. The molecule has 1 aromatic rings. The maximum absolute atomic E-state index is 11.9. The third-order valence-electron chi connectivity index (χ3n) is 2.14. The summed E-state index contributed by atoms with van der Waals surface area (Å²) in [4.78, 5) is 11.5. The van der Waals surface area contributed by atoms with Gasteiger partial charge in [-0.25, -0.2) is 13.1 Å². The molecule has 0 spiro atoms. The van der Waals surface area contributed by atoms with E-state index < -0.39 is 10.0 Å². The lowest BCUT2D eigenvalue weighted by Crippen LogP contribution is -2.30. The predicted molar refractivity (Wildman–Crippen MR) is 75.3 cm³/mol. The molecule has 2 N–H and O–H groups in total. The van der Waals surface area contributed by atoms with Gasteiger partial charge in [0, 0.05) is 11.7 Å². The van der Waals surface area contributed by atoms with Crippen molar-refractivity contribution in [2.24, 2.45) is 0 Å². The van der Waals surface area contributed by atoms with E-state index in [4.69, 9.17) is 0 Å². The van der Waals surface area contributed by atoms with Crippen LogP contribution in [0.25, 0.3) is 0 Å². The van der Waals surface area contributed by atoms with Crippen molar-refractivity contribution in [2.75, 3.05) is 5.32 Å². The Labute approximate surface area is 113 Å². The van der Waals surface area contributed by atoms with Gasteiger partial charge in [-0.1, -0.05) is 6.08 Å². The zero-order valence-electron chi connectivity index (χ0n) is 11.2. The Balaban J connectivity index is 2.85. The molecular weight excluding hydrogens is 264 g/mol. The maximum Gasteiger partial charge on any atom is 0.248 e. The molecule has 104 valence electrons. The van der Waals surface area contributed by atoms with Crippen molar-refractivity contribution in [2.45, 2.75) is 31.7 Å². The largest absolute Gasteiger partial charge is 0.323 e. The van der Waals surface area contributed by atoms with Crippen LogP contribution in [0.1, 0.15) is 20.8 Å². The van der Waals surface area contributed by atoms with Crippen LogP contribution in [0.15, 0.2) is 41.3 Å². The van der Waals surface area contributed by atoms with E-state index in [1.54, 1.807) is 39.0 Å². The Hall–Kier alpha value is -1.66. The SMILES string of the molecule is CC=CC(=O)Nc1ccc(S(=O)(=O)NC(C)C)cc1. The van der Waals surface area contributed by atoms with Gasteiger partial charge in [0.2, 0.25) is 15.9 Å². The molecular formula is C13H18N2O3S. The number of allylic oxidation sites excluding steroid dienone is 1. The van der Waals surface area contributed by atoms with Crippen LogP contribution in [0.5, 0.6) is 0 Å². The molecule has 19 heavy (non-hydrogen) atoms. The van der Waals surface area contributed by atoms with Gasteiger partial charge in [0.1, 0.15) is 0 Å². The van der Waals surface area contributed by atoms with E-state index in [2.05, 4.69) is 10.0 Å². The molecule has 0 heterocycles. The Kier molecular flexibility index (Phi) is 5.26. The minimum Gasteiger partial charge on any atom is -0.323 e. The van der Waals surface area contributed by atoms with Gasteiger partial charge < -0.3 is 5.32 Å².